The maximum absolute atomic E-state index is 13.1. The summed E-state index contributed by atoms with van der Waals surface area (Å²) in [6.45, 7) is 3.32. The summed E-state index contributed by atoms with van der Waals surface area (Å²) in [5.74, 6) is 0.543. The predicted octanol–water partition coefficient (Wildman–Crippen LogP) is 4.99. The lowest BCUT2D eigenvalue weighted by molar-refractivity contribution is -0.122. The van der Waals surface area contributed by atoms with Crippen LogP contribution in [0.1, 0.15) is 66.9 Å². The number of aryl methyl sites for hydroxylation is 1. The average molecular weight is 421 g/mol. The Balaban J connectivity index is 1.46. The first-order valence-corrected chi connectivity index (χ1v) is 11.6. The standard InChI is InChI=1S/C26H32N2O3/c1-19(31-24-16-10-12-20-11-4-5-13-21(20)24)25(29)27-23-15-7-6-14-22(23)26(30)28-17-8-2-3-9-18-28/h6-7,10,12,14-16,19H,2-5,8-9,11,13,17-18H2,1H3,(H,27,29)/t19-/m1/s1. The fraction of sp³-hybridized carbons (Fsp3) is 0.462. The second-order valence-corrected chi connectivity index (χ2v) is 8.60. The SMILES string of the molecule is C[C@@H](Oc1cccc2c1CCCC2)C(=O)Nc1ccccc1C(=O)N1CCCCCC1. The number of ether oxygens (including phenoxy) is 1. The Kier molecular flexibility index (Phi) is 6.90. The zero-order valence-corrected chi connectivity index (χ0v) is 18.4. The minimum Gasteiger partial charge on any atom is -0.481 e. The molecule has 5 heteroatoms. The van der Waals surface area contributed by atoms with E-state index in [9.17, 15) is 9.59 Å². The lowest BCUT2D eigenvalue weighted by Gasteiger charge is -2.23. The highest BCUT2D eigenvalue weighted by molar-refractivity contribution is 6.04. The second kappa shape index (κ2) is 9.99. The number of fused-ring (bicyclic) bond motifs is 1. The minimum atomic E-state index is -0.658. The zero-order chi connectivity index (χ0) is 21.6. The maximum Gasteiger partial charge on any atom is 0.265 e. The fourth-order valence-corrected chi connectivity index (χ4v) is 4.56. The van der Waals surface area contributed by atoms with Crippen molar-refractivity contribution in [3.05, 3.63) is 59.2 Å². The number of anilines is 1. The van der Waals surface area contributed by atoms with E-state index in [-0.39, 0.29) is 11.8 Å². The molecule has 1 fully saturated rings. The summed E-state index contributed by atoms with van der Waals surface area (Å²) in [6, 6.07) is 13.4. The molecule has 1 saturated heterocycles. The fourth-order valence-electron chi connectivity index (χ4n) is 4.56. The third kappa shape index (κ3) is 5.09. The molecule has 0 radical (unpaired) electrons. The van der Waals surface area contributed by atoms with E-state index < -0.39 is 6.10 Å². The van der Waals surface area contributed by atoms with E-state index in [4.69, 9.17) is 4.74 Å². The van der Waals surface area contributed by atoms with Crippen LogP contribution in [0.5, 0.6) is 5.75 Å². The predicted molar refractivity (Wildman–Crippen MR) is 123 cm³/mol. The summed E-state index contributed by atoms with van der Waals surface area (Å²) in [7, 11) is 0. The lowest BCUT2D eigenvalue weighted by atomic mass is 9.91. The van der Waals surface area contributed by atoms with Gasteiger partial charge in [-0.05, 0) is 74.8 Å². The number of rotatable bonds is 5. The molecular weight excluding hydrogens is 388 g/mol. The molecule has 5 nitrogen and oxygen atoms in total. The number of para-hydroxylation sites is 1. The molecule has 1 aliphatic carbocycles. The van der Waals surface area contributed by atoms with Crippen LogP contribution < -0.4 is 10.1 Å². The summed E-state index contributed by atoms with van der Waals surface area (Å²) in [4.78, 5) is 28.0. The number of likely N-dealkylation sites (tertiary alicyclic amines) is 1. The second-order valence-electron chi connectivity index (χ2n) is 8.60. The highest BCUT2D eigenvalue weighted by atomic mass is 16.5. The average Bonchev–Trinajstić information content (AvgIpc) is 3.09. The molecule has 1 N–H and O–H groups in total. The van der Waals surface area contributed by atoms with E-state index in [0.29, 0.717) is 11.3 Å². The number of hydrogen-bond donors (Lipinski definition) is 1. The summed E-state index contributed by atoms with van der Waals surface area (Å²) < 4.78 is 6.07. The molecule has 0 unspecified atom stereocenters. The normalized spacial score (nSPS) is 17.3. The van der Waals surface area contributed by atoms with Gasteiger partial charge in [-0.1, -0.05) is 37.1 Å². The molecule has 2 aliphatic rings. The zero-order valence-electron chi connectivity index (χ0n) is 18.4. The number of hydrogen-bond acceptors (Lipinski definition) is 3. The van der Waals surface area contributed by atoms with Crippen LogP contribution in [0, 0.1) is 0 Å². The third-order valence-electron chi connectivity index (χ3n) is 6.33. The van der Waals surface area contributed by atoms with E-state index in [2.05, 4.69) is 11.4 Å². The van der Waals surface area contributed by atoms with Crippen LogP contribution in [-0.4, -0.2) is 35.9 Å². The molecule has 164 valence electrons. The Morgan fingerprint density at radius 1 is 0.903 bits per heavy atom. The van der Waals surface area contributed by atoms with Crippen molar-refractivity contribution in [2.24, 2.45) is 0 Å². The van der Waals surface area contributed by atoms with E-state index in [1.54, 1.807) is 19.1 Å². The van der Waals surface area contributed by atoms with Gasteiger partial charge < -0.3 is 15.0 Å². The molecule has 2 amide bonds. The molecule has 1 aliphatic heterocycles. The van der Waals surface area contributed by atoms with Crippen LogP contribution in [0.2, 0.25) is 0 Å². The summed E-state index contributed by atoms with van der Waals surface area (Å²) in [6.07, 6.45) is 8.16. The molecule has 0 aromatic heterocycles. The summed E-state index contributed by atoms with van der Waals surface area (Å²) >= 11 is 0. The van der Waals surface area contributed by atoms with Crippen molar-refractivity contribution < 1.29 is 14.3 Å². The Hall–Kier alpha value is -2.82. The first kappa shape index (κ1) is 21.4. The minimum absolute atomic E-state index is 0.0106. The number of carbonyl (C=O) groups excluding carboxylic acids is 2. The molecule has 1 heterocycles. The van der Waals surface area contributed by atoms with Crippen LogP contribution >= 0.6 is 0 Å². The van der Waals surface area contributed by atoms with Crippen LogP contribution in [0.4, 0.5) is 5.69 Å². The van der Waals surface area contributed by atoms with Crippen molar-refractivity contribution in [3.8, 4) is 5.75 Å². The van der Waals surface area contributed by atoms with E-state index in [1.165, 1.54) is 30.4 Å². The summed E-state index contributed by atoms with van der Waals surface area (Å²) in [5, 5.41) is 2.93. The van der Waals surface area contributed by atoms with Crippen molar-refractivity contribution in [2.75, 3.05) is 18.4 Å². The first-order valence-electron chi connectivity index (χ1n) is 11.6. The maximum atomic E-state index is 13.1. The quantitative estimate of drug-likeness (QED) is 0.742. The number of nitrogens with zero attached hydrogens (tertiary/aromatic N) is 1. The van der Waals surface area contributed by atoms with E-state index >= 15 is 0 Å². The van der Waals surface area contributed by atoms with Crippen LogP contribution in [0.3, 0.4) is 0 Å². The van der Waals surface area contributed by atoms with Gasteiger partial charge in [0, 0.05) is 13.1 Å². The van der Waals surface area contributed by atoms with Gasteiger partial charge in [0.1, 0.15) is 5.75 Å². The van der Waals surface area contributed by atoms with Gasteiger partial charge >= 0.3 is 0 Å². The van der Waals surface area contributed by atoms with Gasteiger partial charge in [-0.2, -0.15) is 0 Å². The number of benzene rings is 2. The molecule has 31 heavy (non-hydrogen) atoms. The summed E-state index contributed by atoms with van der Waals surface area (Å²) in [5.41, 5.74) is 3.64. The lowest BCUT2D eigenvalue weighted by Crippen LogP contribution is -2.34. The number of carbonyl (C=O) groups is 2. The van der Waals surface area contributed by atoms with Crippen molar-refractivity contribution in [1.29, 1.82) is 0 Å². The monoisotopic (exact) mass is 420 g/mol. The third-order valence-corrected chi connectivity index (χ3v) is 6.33. The van der Waals surface area contributed by atoms with Crippen molar-refractivity contribution in [1.82, 2.24) is 4.90 Å². The van der Waals surface area contributed by atoms with Gasteiger partial charge in [-0.25, -0.2) is 0 Å². The van der Waals surface area contributed by atoms with Gasteiger partial charge in [-0.3, -0.25) is 9.59 Å². The van der Waals surface area contributed by atoms with Gasteiger partial charge in [0.15, 0.2) is 6.10 Å². The molecule has 1 atom stereocenters. The Morgan fingerprint density at radius 3 is 2.45 bits per heavy atom. The van der Waals surface area contributed by atoms with Crippen molar-refractivity contribution >= 4 is 17.5 Å². The van der Waals surface area contributed by atoms with Gasteiger partial charge in [0.05, 0.1) is 11.3 Å². The Bertz CT molecular complexity index is 932. The van der Waals surface area contributed by atoms with Gasteiger partial charge in [0.25, 0.3) is 11.8 Å². The molecular formula is C26H32N2O3. The molecule has 2 aromatic rings. The van der Waals surface area contributed by atoms with Crippen molar-refractivity contribution in [2.45, 2.75) is 64.4 Å². The number of amides is 2. The molecule has 0 spiro atoms. The van der Waals surface area contributed by atoms with Crippen LogP contribution in [-0.2, 0) is 17.6 Å². The molecule has 2 aromatic carbocycles. The van der Waals surface area contributed by atoms with Crippen molar-refractivity contribution in [3.63, 3.8) is 0 Å². The Morgan fingerprint density at radius 2 is 1.65 bits per heavy atom. The first-order chi connectivity index (χ1) is 15.1. The highest BCUT2D eigenvalue weighted by Crippen LogP contribution is 2.30. The topological polar surface area (TPSA) is 58.6 Å². The number of nitrogens with one attached hydrogen (secondary N) is 1. The van der Waals surface area contributed by atoms with Crippen LogP contribution in [0.25, 0.3) is 0 Å². The Labute approximate surface area is 184 Å². The molecule has 0 bridgehead atoms. The van der Waals surface area contributed by atoms with E-state index in [0.717, 1.165) is 50.9 Å². The smallest absolute Gasteiger partial charge is 0.265 e. The molecule has 4 rings (SSSR count). The van der Waals surface area contributed by atoms with Crippen LogP contribution in [0.15, 0.2) is 42.5 Å². The van der Waals surface area contributed by atoms with Gasteiger partial charge in [-0.15, -0.1) is 0 Å². The highest BCUT2D eigenvalue weighted by Gasteiger charge is 2.23. The largest absolute Gasteiger partial charge is 0.481 e. The van der Waals surface area contributed by atoms with Gasteiger partial charge in [0.2, 0.25) is 0 Å². The molecule has 0 saturated carbocycles. The van der Waals surface area contributed by atoms with E-state index in [1.807, 2.05) is 29.2 Å².